The lowest BCUT2D eigenvalue weighted by atomic mass is 10.2. The Hall–Kier alpha value is -4.72. The van der Waals surface area contributed by atoms with Gasteiger partial charge in [-0.3, -0.25) is 20.4 Å². The quantitative estimate of drug-likeness (QED) is 0.366. The van der Waals surface area contributed by atoms with Gasteiger partial charge >= 0.3 is 0 Å². The van der Waals surface area contributed by atoms with Crippen molar-refractivity contribution in [2.45, 2.75) is 0 Å². The Balaban J connectivity index is 1.42. The summed E-state index contributed by atoms with van der Waals surface area (Å²) in [6, 6.07) is 24.2. The van der Waals surface area contributed by atoms with Gasteiger partial charge in [0.15, 0.2) is 23.1 Å². The first kappa shape index (κ1) is 22.5. The molecule has 0 saturated heterocycles. The third kappa shape index (κ3) is 5.55. The second-order valence-corrected chi connectivity index (χ2v) is 7.03. The number of rotatable bonds is 6. The zero-order valence-electron chi connectivity index (χ0n) is 17.6. The summed E-state index contributed by atoms with van der Waals surface area (Å²) in [5.41, 5.74) is 4.59. The van der Waals surface area contributed by atoms with Gasteiger partial charge in [-0.1, -0.05) is 36.4 Å². The van der Waals surface area contributed by atoms with Crippen molar-refractivity contribution >= 4 is 11.8 Å². The number of para-hydroxylation sites is 2. The molecule has 34 heavy (non-hydrogen) atoms. The fraction of sp³-hybridized carbons (Fsp3) is 0. The monoisotopic (exact) mass is 460 g/mol. The van der Waals surface area contributed by atoms with Crippen molar-refractivity contribution in [3.8, 4) is 23.0 Å². The summed E-state index contributed by atoms with van der Waals surface area (Å²) < 4.78 is 39.2. The lowest BCUT2D eigenvalue weighted by Gasteiger charge is -2.11. The highest BCUT2D eigenvalue weighted by Gasteiger charge is 2.15. The maximum atomic E-state index is 14.1. The maximum absolute atomic E-state index is 14.1. The molecule has 0 radical (unpaired) electrons. The minimum Gasteiger partial charge on any atom is -0.454 e. The molecular weight excluding hydrogens is 442 g/mol. The largest absolute Gasteiger partial charge is 0.454 e. The summed E-state index contributed by atoms with van der Waals surface area (Å²) in [5, 5.41) is 0. The summed E-state index contributed by atoms with van der Waals surface area (Å²) in [6.07, 6.45) is 0. The molecule has 170 valence electrons. The maximum Gasteiger partial charge on any atom is 0.269 e. The number of benzene rings is 4. The smallest absolute Gasteiger partial charge is 0.269 e. The van der Waals surface area contributed by atoms with Crippen molar-refractivity contribution in [2.75, 3.05) is 0 Å². The zero-order chi connectivity index (χ0) is 23.9. The molecule has 0 atom stereocenters. The molecule has 0 saturated carbocycles. The third-order valence-electron chi connectivity index (χ3n) is 4.62. The topological polar surface area (TPSA) is 76.7 Å². The van der Waals surface area contributed by atoms with Gasteiger partial charge in [0, 0.05) is 11.1 Å². The SMILES string of the molecule is O=C(NNC(=O)c1ccc(F)c(Oc2ccccc2)c1)c1ccc(F)c(Oc2ccccc2)c1. The van der Waals surface area contributed by atoms with Gasteiger partial charge in [0.05, 0.1) is 0 Å². The third-order valence-corrected chi connectivity index (χ3v) is 4.62. The van der Waals surface area contributed by atoms with Crippen LogP contribution < -0.4 is 20.3 Å². The second kappa shape index (κ2) is 10.3. The van der Waals surface area contributed by atoms with Crippen molar-refractivity contribution in [1.82, 2.24) is 10.9 Å². The van der Waals surface area contributed by atoms with Gasteiger partial charge in [-0.25, -0.2) is 8.78 Å². The molecule has 0 aromatic heterocycles. The Labute approximate surface area is 193 Å². The van der Waals surface area contributed by atoms with Crippen molar-refractivity contribution in [3.05, 3.63) is 120 Å². The molecule has 0 bridgehead atoms. The molecule has 0 fully saturated rings. The van der Waals surface area contributed by atoms with Crippen LogP contribution in [0.15, 0.2) is 97.1 Å². The van der Waals surface area contributed by atoms with Crippen molar-refractivity contribution in [3.63, 3.8) is 0 Å². The normalized spacial score (nSPS) is 10.3. The highest BCUT2D eigenvalue weighted by molar-refractivity contribution is 5.99. The molecule has 0 aliphatic rings. The van der Waals surface area contributed by atoms with E-state index in [1.54, 1.807) is 60.7 Å². The van der Waals surface area contributed by atoms with E-state index in [9.17, 15) is 18.4 Å². The van der Waals surface area contributed by atoms with Crippen molar-refractivity contribution < 1.29 is 27.8 Å². The van der Waals surface area contributed by atoms with Gasteiger partial charge in [-0.15, -0.1) is 0 Å². The van der Waals surface area contributed by atoms with Crippen molar-refractivity contribution in [1.29, 1.82) is 0 Å². The van der Waals surface area contributed by atoms with Crippen LogP contribution in [-0.2, 0) is 0 Å². The molecule has 0 spiro atoms. The van der Waals surface area contributed by atoms with E-state index in [-0.39, 0.29) is 22.6 Å². The van der Waals surface area contributed by atoms with Crippen LogP contribution in [0, 0.1) is 11.6 Å². The number of nitrogens with one attached hydrogen (secondary N) is 2. The predicted octanol–water partition coefficient (Wildman–Crippen LogP) is 5.62. The Kier molecular flexibility index (Phi) is 6.78. The molecule has 2 N–H and O–H groups in total. The summed E-state index contributed by atoms with van der Waals surface area (Å²) in [4.78, 5) is 24.9. The molecule has 6 nitrogen and oxygen atoms in total. The molecule has 0 aliphatic carbocycles. The highest BCUT2D eigenvalue weighted by atomic mass is 19.1. The van der Waals surface area contributed by atoms with Gasteiger partial charge in [0.2, 0.25) is 0 Å². The fourth-order valence-corrected chi connectivity index (χ4v) is 2.93. The van der Waals surface area contributed by atoms with Crippen LogP contribution in [0.5, 0.6) is 23.0 Å². The van der Waals surface area contributed by atoms with Crippen LogP contribution in [0.1, 0.15) is 20.7 Å². The van der Waals surface area contributed by atoms with Crippen LogP contribution in [0.3, 0.4) is 0 Å². The fourth-order valence-electron chi connectivity index (χ4n) is 2.93. The minimum absolute atomic E-state index is 0.0554. The molecule has 0 unspecified atom stereocenters. The van der Waals surface area contributed by atoms with Gasteiger partial charge in [-0.2, -0.15) is 0 Å². The summed E-state index contributed by atoms with van der Waals surface area (Å²) in [7, 11) is 0. The first-order valence-electron chi connectivity index (χ1n) is 10.2. The molecular formula is C26H18F2N2O4. The number of carbonyl (C=O) groups is 2. The summed E-state index contributed by atoms with van der Waals surface area (Å²) >= 11 is 0. The average Bonchev–Trinajstić information content (AvgIpc) is 2.86. The molecule has 0 aliphatic heterocycles. The van der Waals surface area contributed by atoms with Gasteiger partial charge in [0.25, 0.3) is 11.8 Å². The van der Waals surface area contributed by atoms with Gasteiger partial charge in [-0.05, 0) is 60.7 Å². The van der Waals surface area contributed by atoms with E-state index < -0.39 is 23.4 Å². The van der Waals surface area contributed by atoms with E-state index in [2.05, 4.69) is 10.9 Å². The lowest BCUT2D eigenvalue weighted by molar-refractivity contribution is 0.0846. The molecule has 2 amide bonds. The Morgan fingerprint density at radius 1 is 0.559 bits per heavy atom. The Morgan fingerprint density at radius 2 is 0.941 bits per heavy atom. The number of hydrazine groups is 1. The van der Waals surface area contributed by atoms with Crippen LogP contribution in [0.4, 0.5) is 8.78 Å². The van der Waals surface area contributed by atoms with Crippen LogP contribution >= 0.6 is 0 Å². The van der Waals surface area contributed by atoms with E-state index >= 15 is 0 Å². The molecule has 4 aromatic carbocycles. The predicted molar refractivity (Wildman–Crippen MR) is 121 cm³/mol. The second-order valence-electron chi connectivity index (χ2n) is 7.03. The lowest BCUT2D eigenvalue weighted by Crippen LogP contribution is -2.41. The summed E-state index contributed by atoms with van der Waals surface area (Å²) in [6.45, 7) is 0. The van der Waals surface area contributed by atoms with Gasteiger partial charge < -0.3 is 9.47 Å². The first-order chi connectivity index (χ1) is 16.5. The van der Waals surface area contributed by atoms with E-state index in [4.69, 9.17) is 9.47 Å². The standard InChI is InChI=1S/C26H18F2N2O4/c27-21-13-11-17(15-23(21)33-19-7-3-1-4-8-19)25(31)29-30-26(32)18-12-14-22(28)24(16-18)34-20-9-5-2-6-10-20/h1-16H,(H,29,31)(H,30,32). The highest BCUT2D eigenvalue weighted by Crippen LogP contribution is 2.26. The van der Waals surface area contributed by atoms with Crippen molar-refractivity contribution in [2.24, 2.45) is 0 Å². The molecule has 4 rings (SSSR count). The van der Waals surface area contributed by atoms with E-state index in [0.29, 0.717) is 11.5 Å². The Bertz CT molecular complexity index is 1210. The number of hydrogen-bond acceptors (Lipinski definition) is 4. The Morgan fingerprint density at radius 3 is 1.32 bits per heavy atom. The van der Waals surface area contributed by atoms with E-state index in [1.807, 2.05) is 0 Å². The molecule has 0 heterocycles. The summed E-state index contributed by atoms with van der Waals surface area (Å²) in [5.74, 6) is -2.20. The van der Waals surface area contributed by atoms with Gasteiger partial charge in [0.1, 0.15) is 11.5 Å². The van der Waals surface area contributed by atoms with Crippen LogP contribution in [-0.4, -0.2) is 11.8 Å². The average molecular weight is 460 g/mol. The number of amides is 2. The zero-order valence-corrected chi connectivity index (χ0v) is 17.6. The number of ether oxygens (including phenoxy) is 2. The molecule has 4 aromatic rings. The number of halogens is 2. The number of hydrogen-bond donors (Lipinski definition) is 2. The van der Waals surface area contributed by atoms with Crippen LogP contribution in [0.25, 0.3) is 0 Å². The van der Waals surface area contributed by atoms with E-state index in [1.165, 1.54) is 24.3 Å². The first-order valence-corrected chi connectivity index (χ1v) is 10.2. The minimum atomic E-state index is -0.700. The van der Waals surface area contributed by atoms with Crippen LogP contribution in [0.2, 0.25) is 0 Å². The molecule has 8 heteroatoms. The number of carbonyl (C=O) groups excluding carboxylic acids is 2. The van der Waals surface area contributed by atoms with E-state index in [0.717, 1.165) is 12.1 Å².